The SMILES string of the molecule is COC(=O)[C@@H]1C[C@@H](OC)CN1C(=O)CNC(=O)c1ccc2c(c1)-c1ccccc1C2(I)I. The van der Waals surface area contributed by atoms with Gasteiger partial charge in [-0.25, -0.2) is 4.79 Å². The monoisotopic (exact) mass is 660 g/mol. The Hall–Kier alpha value is -1.73. The molecule has 1 fully saturated rings. The Kier molecular flexibility index (Phi) is 6.78. The van der Waals surface area contributed by atoms with E-state index >= 15 is 0 Å². The van der Waals surface area contributed by atoms with E-state index < -0.39 is 12.0 Å². The number of hydrogen-bond acceptors (Lipinski definition) is 5. The van der Waals surface area contributed by atoms with Gasteiger partial charge in [0.05, 0.1) is 19.8 Å². The average Bonchev–Trinajstić information content (AvgIpc) is 3.34. The second kappa shape index (κ2) is 9.26. The molecule has 0 aromatic heterocycles. The summed E-state index contributed by atoms with van der Waals surface area (Å²) in [6, 6.07) is 13.1. The Morgan fingerprint density at radius 1 is 1.09 bits per heavy atom. The summed E-state index contributed by atoms with van der Waals surface area (Å²) in [5.74, 6) is -1.17. The molecule has 2 aromatic carbocycles. The minimum absolute atomic E-state index is 0.192. The predicted octanol–water partition coefficient (Wildman–Crippen LogP) is 3.26. The van der Waals surface area contributed by atoms with Gasteiger partial charge < -0.3 is 19.7 Å². The van der Waals surface area contributed by atoms with Crippen LogP contribution in [0.1, 0.15) is 27.9 Å². The zero-order valence-corrected chi connectivity index (χ0v) is 21.9. The van der Waals surface area contributed by atoms with E-state index in [9.17, 15) is 14.4 Å². The van der Waals surface area contributed by atoms with Crippen molar-refractivity contribution in [3.8, 4) is 11.1 Å². The quantitative estimate of drug-likeness (QED) is 0.303. The minimum Gasteiger partial charge on any atom is -0.467 e. The Morgan fingerprint density at radius 3 is 2.53 bits per heavy atom. The number of ether oxygens (including phenoxy) is 2. The fourth-order valence-electron chi connectivity index (χ4n) is 4.28. The summed E-state index contributed by atoms with van der Waals surface area (Å²) < 4.78 is 9.93. The van der Waals surface area contributed by atoms with Crippen LogP contribution in [0.5, 0.6) is 0 Å². The molecule has 1 aliphatic heterocycles. The van der Waals surface area contributed by atoms with E-state index in [1.807, 2.05) is 24.3 Å². The van der Waals surface area contributed by atoms with Gasteiger partial charge in [0.25, 0.3) is 5.91 Å². The smallest absolute Gasteiger partial charge is 0.328 e. The van der Waals surface area contributed by atoms with Gasteiger partial charge in [0, 0.05) is 25.6 Å². The molecular weight excluding hydrogens is 638 g/mol. The zero-order valence-electron chi connectivity index (χ0n) is 17.6. The highest BCUT2D eigenvalue weighted by Gasteiger charge is 2.41. The Labute approximate surface area is 213 Å². The molecule has 0 spiro atoms. The van der Waals surface area contributed by atoms with E-state index in [-0.39, 0.29) is 32.4 Å². The van der Waals surface area contributed by atoms with E-state index in [0.29, 0.717) is 12.0 Å². The highest BCUT2D eigenvalue weighted by molar-refractivity contribution is 14.2. The normalized spacial score (nSPS) is 20.4. The van der Waals surface area contributed by atoms with Crippen molar-refractivity contribution in [1.29, 1.82) is 0 Å². The molecule has 1 aliphatic carbocycles. The summed E-state index contributed by atoms with van der Waals surface area (Å²) in [4.78, 5) is 39.1. The fraction of sp³-hybridized carbons (Fsp3) is 0.348. The van der Waals surface area contributed by atoms with Crippen LogP contribution in [-0.2, 0) is 20.5 Å². The number of esters is 1. The number of alkyl halides is 2. The van der Waals surface area contributed by atoms with Gasteiger partial charge in [-0.15, -0.1) is 0 Å². The first kappa shape index (κ1) is 23.4. The zero-order chi connectivity index (χ0) is 23.0. The number of fused-ring (bicyclic) bond motifs is 3. The van der Waals surface area contributed by atoms with E-state index in [4.69, 9.17) is 9.47 Å². The van der Waals surface area contributed by atoms with Crippen molar-refractivity contribution in [2.75, 3.05) is 27.3 Å². The molecule has 0 saturated carbocycles. The summed E-state index contributed by atoms with van der Waals surface area (Å²) in [5.41, 5.74) is 4.98. The van der Waals surface area contributed by atoms with E-state index in [1.54, 1.807) is 13.2 Å². The van der Waals surface area contributed by atoms with Gasteiger partial charge in [-0.3, -0.25) is 9.59 Å². The Morgan fingerprint density at radius 2 is 1.81 bits per heavy atom. The van der Waals surface area contributed by atoms with Gasteiger partial charge in [-0.1, -0.05) is 75.5 Å². The maximum atomic E-state index is 12.8. The third kappa shape index (κ3) is 4.14. The Bertz CT molecular complexity index is 1090. The molecule has 168 valence electrons. The number of amides is 2. The lowest BCUT2D eigenvalue weighted by Gasteiger charge is -2.22. The molecule has 1 saturated heterocycles. The summed E-state index contributed by atoms with van der Waals surface area (Å²) >= 11 is 4.86. The highest BCUT2D eigenvalue weighted by Crippen LogP contribution is 2.57. The lowest BCUT2D eigenvalue weighted by Crippen LogP contribution is -2.46. The van der Waals surface area contributed by atoms with Crippen LogP contribution in [0.25, 0.3) is 11.1 Å². The molecule has 4 rings (SSSR count). The predicted molar refractivity (Wildman–Crippen MR) is 136 cm³/mol. The fourth-order valence-corrected chi connectivity index (χ4v) is 6.16. The van der Waals surface area contributed by atoms with Crippen molar-refractivity contribution in [1.82, 2.24) is 10.2 Å². The van der Waals surface area contributed by atoms with E-state index in [0.717, 1.165) is 16.7 Å². The summed E-state index contributed by atoms with van der Waals surface area (Å²) in [5, 5.41) is 2.70. The lowest BCUT2D eigenvalue weighted by atomic mass is 10.0. The topological polar surface area (TPSA) is 84.9 Å². The second-order valence-corrected chi connectivity index (χ2v) is 13.0. The van der Waals surface area contributed by atoms with Crippen molar-refractivity contribution in [2.24, 2.45) is 0 Å². The number of carbonyl (C=O) groups excluding carboxylic acids is 3. The molecule has 0 radical (unpaired) electrons. The van der Waals surface area contributed by atoms with Crippen molar-refractivity contribution in [3.05, 3.63) is 59.2 Å². The number of rotatable bonds is 5. The molecule has 2 aromatic rings. The number of hydrogen-bond donors (Lipinski definition) is 1. The first-order valence-corrected chi connectivity index (χ1v) is 12.2. The number of carbonyl (C=O) groups is 3. The summed E-state index contributed by atoms with van der Waals surface area (Å²) in [6.07, 6.45) is 0.138. The van der Waals surface area contributed by atoms with E-state index in [2.05, 4.69) is 62.6 Å². The van der Waals surface area contributed by atoms with Crippen LogP contribution in [0, 0.1) is 0 Å². The average molecular weight is 660 g/mol. The molecule has 2 aliphatic rings. The number of nitrogens with zero attached hydrogens (tertiary/aromatic N) is 1. The molecule has 32 heavy (non-hydrogen) atoms. The molecular formula is C23H22I2N2O5. The molecule has 1 heterocycles. The minimum atomic E-state index is -0.703. The van der Waals surface area contributed by atoms with Crippen molar-refractivity contribution < 1.29 is 23.9 Å². The van der Waals surface area contributed by atoms with Gasteiger partial charge >= 0.3 is 5.97 Å². The van der Waals surface area contributed by atoms with Gasteiger partial charge in [0.1, 0.15) is 7.47 Å². The van der Waals surface area contributed by atoms with Gasteiger partial charge in [-0.05, 0) is 34.4 Å². The van der Waals surface area contributed by atoms with Crippen molar-refractivity contribution in [3.63, 3.8) is 0 Å². The number of halogens is 2. The van der Waals surface area contributed by atoms with Crippen LogP contribution >= 0.6 is 45.2 Å². The summed E-state index contributed by atoms with van der Waals surface area (Å²) in [6.45, 7) is 0.0763. The number of likely N-dealkylation sites (tertiary alicyclic amines) is 1. The van der Waals surface area contributed by atoms with Crippen LogP contribution in [0.2, 0.25) is 0 Å². The molecule has 2 atom stereocenters. The van der Waals surface area contributed by atoms with Crippen molar-refractivity contribution >= 4 is 63.0 Å². The third-order valence-electron chi connectivity index (χ3n) is 5.97. The lowest BCUT2D eigenvalue weighted by molar-refractivity contribution is -0.150. The first-order chi connectivity index (χ1) is 15.3. The highest BCUT2D eigenvalue weighted by atomic mass is 127. The number of methoxy groups -OCH3 is 2. The van der Waals surface area contributed by atoms with Crippen LogP contribution in [0.4, 0.5) is 0 Å². The second-order valence-electron chi connectivity index (χ2n) is 7.74. The van der Waals surface area contributed by atoms with E-state index in [1.165, 1.54) is 17.6 Å². The summed E-state index contributed by atoms with van der Waals surface area (Å²) in [7, 11) is 2.83. The van der Waals surface area contributed by atoms with Crippen molar-refractivity contribution in [2.45, 2.75) is 20.0 Å². The van der Waals surface area contributed by atoms with Crippen LogP contribution in [0.15, 0.2) is 42.5 Å². The van der Waals surface area contributed by atoms with Crippen LogP contribution in [-0.4, -0.2) is 62.1 Å². The van der Waals surface area contributed by atoms with Gasteiger partial charge in [0.2, 0.25) is 5.91 Å². The van der Waals surface area contributed by atoms with Gasteiger partial charge in [0.15, 0.2) is 0 Å². The maximum absolute atomic E-state index is 12.8. The number of nitrogens with one attached hydrogen (secondary N) is 1. The molecule has 7 nitrogen and oxygen atoms in total. The van der Waals surface area contributed by atoms with Crippen LogP contribution < -0.4 is 5.32 Å². The largest absolute Gasteiger partial charge is 0.467 e. The first-order valence-electron chi connectivity index (χ1n) is 10.1. The molecule has 0 bridgehead atoms. The van der Waals surface area contributed by atoms with Gasteiger partial charge in [-0.2, -0.15) is 0 Å². The standard InChI is InChI=1S/C23H22I2N2O5/c1-31-14-10-19(22(30)32-2)27(12-14)20(28)11-26-21(29)13-7-8-18-16(9-13)15-5-3-4-6-17(15)23(18,24)25/h3-9,14,19H,10-12H2,1-2H3,(H,26,29)/t14-,19+/m1/s1. The molecule has 0 unspecified atom stereocenters. The van der Waals surface area contributed by atoms with Crippen LogP contribution in [0.3, 0.4) is 0 Å². The maximum Gasteiger partial charge on any atom is 0.328 e. The third-order valence-corrected chi connectivity index (χ3v) is 8.29. The Balaban J connectivity index is 1.48. The number of benzene rings is 2. The molecule has 1 N–H and O–H groups in total. The molecule has 2 amide bonds. The molecule has 9 heteroatoms.